The van der Waals surface area contributed by atoms with Crippen LogP contribution in [-0.4, -0.2) is 52.4 Å². The van der Waals surface area contributed by atoms with E-state index in [0.717, 1.165) is 32.4 Å². The lowest BCUT2D eigenvalue weighted by Gasteiger charge is -2.54. The van der Waals surface area contributed by atoms with Gasteiger partial charge in [-0.2, -0.15) is 0 Å². The lowest BCUT2D eigenvalue weighted by molar-refractivity contribution is 0.00143. The molecule has 0 spiro atoms. The van der Waals surface area contributed by atoms with Gasteiger partial charge in [0.2, 0.25) is 5.43 Å². The second kappa shape index (κ2) is 7.30. The van der Waals surface area contributed by atoms with Gasteiger partial charge in [0.05, 0.1) is 6.04 Å². The maximum Gasteiger partial charge on any atom is 0.259 e. The minimum absolute atomic E-state index is 0.0861. The van der Waals surface area contributed by atoms with E-state index >= 15 is 0 Å². The number of benzene rings is 1. The highest BCUT2D eigenvalue weighted by molar-refractivity contribution is 5.97. The van der Waals surface area contributed by atoms with Gasteiger partial charge in [0, 0.05) is 36.2 Å². The zero-order chi connectivity index (χ0) is 21.1. The smallest absolute Gasteiger partial charge is 0.259 e. The zero-order valence-electron chi connectivity index (χ0n) is 17.6. The van der Waals surface area contributed by atoms with Crippen molar-refractivity contribution < 1.29 is 9.18 Å². The van der Waals surface area contributed by atoms with E-state index in [1.807, 2.05) is 4.90 Å². The molecular weight excluding hydrogens is 393 g/mol. The van der Waals surface area contributed by atoms with Gasteiger partial charge in [-0.25, -0.2) is 4.39 Å². The van der Waals surface area contributed by atoms with Crippen molar-refractivity contribution in [3.05, 3.63) is 57.6 Å². The molecule has 31 heavy (non-hydrogen) atoms. The summed E-state index contributed by atoms with van der Waals surface area (Å²) in [5.74, 6) is 0.345. The quantitative estimate of drug-likeness (QED) is 0.715. The Morgan fingerprint density at radius 3 is 2.97 bits per heavy atom. The van der Waals surface area contributed by atoms with Gasteiger partial charge in [-0.3, -0.25) is 14.5 Å². The van der Waals surface area contributed by atoms with E-state index < -0.39 is 5.82 Å². The molecule has 3 fully saturated rings. The van der Waals surface area contributed by atoms with Crippen molar-refractivity contribution >= 4 is 16.8 Å². The van der Waals surface area contributed by atoms with Gasteiger partial charge < -0.3 is 9.88 Å². The third-order valence-corrected chi connectivity index (χ3v) is 7.99. The average Bonchev–Trinajstić information content (AvgIpc) is 2.79. The average molecular weight is 422 g/mol. The van der Waals surface area contributed by atoms with Gasteiger partial charge in [0.25, 0.3) is 5.91 Å². The number of aromatic amines is 1. The van der Waals surface area contributed by atoms with E-state index in [1.165, 1.54) is 43.2 Å². The van der Waals surface area contributed by atoms with Gasteiger partial charge in [-0.15, -0.1) is 0 Å². The molecule has 1 aromatic carbocycles. The van der Waals surface area contributed by atoms with Gasteiger partial charge in [-0.1, -0.05) is 18.1 Å². The maximum atomic E-state index is 13.7. The number of H-pyrrole nitrogens is 1. The number of likely N-dealkylation sites (tertiary alicyclic amines) is 1. The Bertz CT molecular complexity index is 1140. The van der Waals surface area contributed by atoms with Crippen LogP contribution in [-0.2, 0) is 0 Å². The Hall–Kier alpha value is -2.47. The molecule has 1 aliphatic carbocycles. The first-order chi connectivity index (χ1) is 15.1. The molecule has 4 atom stereocenters. The summed E-state index contributed by atoms with van der Waals surface area (Å²) in [4.78, 5) is 34.3. The number of hydrogen-bond acceptors (Lipinski definition) is 3. The second-order valence-corrected chi connectivity index (χ2v) is 9.73. The largest absolute Gasteiger partial charge is 0.360 e. The van der Waals surface area contributed by atoms with Gasteiger partial charge in [0.15, 0.2) is 0 Å². The van der Waals surface area contributed by atoms with Crippen molar-refractivity contribution in [3.8, 4) is 0 Å². The van der Waals surface area contributed by atoms with Crippen LogP contribution >= 0.6 is 0 Å². The first-order valence-electron chi connectivity index (χ1n) is 11.7. The lowest BCUT2D eigenvalue weighted by atomic mass is 9.68. The normalized spacial score (nSPS) is 30.5. The maximum absolute atomic E-state index is 13.7. The monoisotopic (exact) mass is 421 g/mol. The number of aromatic nitrogens is 1. The number of hydrogen-bond donors (Lipinski definition) is 1. The van der Waals surface area contributed by atoms with E-state index in [1.54, 1.807) is 6.07 Å². The van der Waals surface area contributed by atoms with E-state index in [4.69, 9.17) is 0 Å². The van der Waals surface area contributed by atoms with Crippen molar-refractivity contribution in [1.29, 1.82) is 0 Å². The molecule has 5 nitrogen and oxygen atoms in total. The fourth-order valence-corrected chi connectivity index (χ4v) is 6.71. The molecule has 4 aliphatic rings. The van der Waals surface area contributed by atoms with Crippen LogP contribution < -0.4 is 5.43 Å². The summed E-state index contributed by atoms with van der Waals surface area (Å²) in [6.45, 7) is 2.88. The van der Waals surface area contributed by atoms with Crippen LogP contribution in [0.15, 0.2) is 40.8 Å². The summed E-state index contributed by atoms with van der Waals surface area (Å²) in [5.41, 5.74) is 1.68. The van der Waals surface area contributed by atoms with E-state index in [9.17, 15) is 14.0 Å². The number of nitrogens with zero attached hydrogens (tertiary/aromatic N) is 2. The summed E-state index contributed by atoms with van der Waals surface area (Å²) in [5, 5.41) is 0.233. The first kappa shape index (κ1) is 19.2. The Labute approximate surface area is 180 Å². The van der Waals surface area contributed by atoms with Crippen molar-refractivity contribution in [1.82, 2.24) is 14.8 Å². The summed E-state index contributed by atoms with van der Waals surface area (Å²) >= 11 is 0. The van der Waals surface area contributed by atoms with Gasteiger partial charge >= 0.3 is 0 Å². The molecule has 3 saturated heterocycles. The summed E-state index contributed by atoms with van der Waals surface area (Å²) in [7, 11) is 0. The minimum atomic E-state index is -0.470. The van der Waals surface area contributed by atoms with Crippen LogP contribution in [0.4, 0.5) is 4.39 Å². The predicted octanol–water partition coefficient (Wildman–Crippen LogP) is 3.70. The van der Waals surface area contributed by atoms with Crippen molar-refractivity contribution in [2.45, 2.75) is 50.6 Å². The van der Waals surface area contributed by atoms with Gasteiger partial charge in [-0.05, 0) is 68.7 Å². The SMILES string of the molecule is O=C(c1c[nH]c2ccc(F)cc2c1=O)N1CCCC2=C[C@H]3C[C@H](CN4CCCC[C@@H]34)[C@H]21. The number of amides is 1. The molecule has 1 aromatic heterocycles. The van der Waals surface area contributed by atoms with E-state index in [-0.39, 0.29) is 28.3 Å². The second-order valence-electron chi connectivity index (χ2n) is 9.73. The molecule has 2 aromatic rings. The van der Waals surface area contributed by atoms with Crippen LogP contribution in [0.25, 0.3) is 10.9 Å². The number of carbonyl (C=O) groups is 1. The highest BCUT2D eigenvalue weighted by Crippen LogP contribution is 2.45. The minimum Gasteiger partial charge on any atom is -0.360 e. The van der Waals surface area contributed by atoms with Gasteiger partial charge in [0.1, 0.15) is 11.4 Å². The molecule has 2 bridgehead atoms. The van der Waals surface area contributed by atoms with Crippen LogP contribution in [0.5, 0.6) is 0 Å². The van der Waals surface area contributed by atoms with Crippen molar-refractivity contribution in [3.63, 3.8) is 0 Å². The van der Waals surface area contributed by atoms with Crippen LogP contribution in [0.2, 0.25) is 0 Å². The first-order valence-corrected chi connectivity index (χ1v) is 11.7. The molecule has 1 amide bonds. The number of carbonyl (C=O) groups excluding carboxylic acids is 1. The number of piperidine rings is 3. The predicted molar refractivity (Wildman–Crippen MR) is 117 cm³/mol. The summed E-state index contributed by atoms with van der Waals surface area (Å²) in [6, 6.07) is 4.83. The van der Waals surface area contributed by atoms with E-state index in [2.05, 4.69) is 16.0 Å². The van der Waals surface area contributed by atoms with Crippen molar-refractivity contribution in [2.24, 2.45) is 11.8 Å². The zero-order valence-corrected chi connectivity index (χ0v) is 17.6. The van der Waals surface area contributed by atoms with E-state index in [0.29, 0.717) is 29.9 Å². The Morgan fingerprint density at radius 2 is 2.06 bits per heavy atom. The molecule has 6 rings (SSSR count). The highest BCUT2D eigenvalue weighted by Gasteiger charge is 2.47. The number of fused-ring (bicyclic) bond motifs is 7. The van der Waals surface area contributed by atoms with Crippen LogP contribution in [0.1, 0.15) is 48.9 Å². The molecule has 3 aliphatic heterocycles. The number of halogens is 1. The molecular formula is C25H28FN3O2. The fourth-order valence-electron chi connectivity index (χ4n) is 6.71. The fraction of sp³-hybridized carbons (Fsp3) is 0.520. The molecule has 6 heteroatoms. The number of nitrogens with one attached hydrogen (secondary N) is 1. The molecule has 0 unspecified atom stereocenters. The number of rotatable bonds is 1. The molecule has 0 saturated carbocycles. The summed E-state index contributed by atoms with van der Waals surface area (Å²) in [6.07, 6.45) is 11.0. The Morgan fingerprint density at radius 1 is 1.16 bits per heavy atom. The summed E-state index contributed by atoms with van der Waals surface area (Å²) < 4.78 is 13.7. The molecule has 0 radical (unpaired) electrons. The Kier molecular flexibility index (Phi) is 4.53. The topological polar surface area (TPSA) is 56.4 Å². The van der Waals surface area contributed by atoms with Crippen LogP contribution in [0.3, 0.4) is 0 Å². The lowest BCUT2D eigenvalue weighted by Crippen LogP contribution is -2.60. The van der Waals surface area contributed by atoms with Crippen molar-refractivity contribution in [2.75, 3.05) is 19.6 Å². The third kappa shape index (κ3) is 3.06. The standard InChI is InChI=1S/C25H28FN3O2/c26-18-6-7-21-19(12-18)24(30)20(13-27-21)25(31)29-9-3-4-15-10-16-11-17(23(15)29)14-28-8-2-1-5-22(16)28/h6-7,10,12-13,16-17,22-23H,1-5,8-9,11,14H2,(H,27,30)/t16-,17+,22-,23-/m0/s1. The van der Waals surface area contributed by atoms with Crippen LogP contribution in [0, 0.1) is 17.7 Å². The number of pyridine rings is 1. The Balaban J connectivity index is 1.37. The third-order valence-electron chi connectivity index (χ3n) is 7.99. The highest BCUT2D eigenvalue weighted by atomic mass is 19.1. The molecule has 4 heterocycles. The molecule has 162 valence electrons. The molecule has 1 N–H and O–H groups in total.